The number of nitrogens with zero attached hydrogens (tertiary/aromatic N) is 3. The lowest BCUT2D eigenvalue weighted by Gasteiger charge is -2.02. The highest BCUT2D eigenvalue weighted by molar-refractivity contribution is 5.36. The highest BCUT2D eigenvalue weighted by Gasteiger charge is 2.05. The van der Waals surface area contributed by atoms with Crippen LogP contribution in [0.25, 0.3) is 0 Å². The first-order valence-corrected chi connectivity index (χ1v) is 5.26. The zero-order valence-corrected chi connectivity index (χ0v) is 9.38. The number of ether oxygens (including phenoxy) is 1. The Labute approximate surface area is 98.7 Å². The number of hydrogen-bond acceptors (Lipinski definition) is 5. The van der Waals surface area contributed by atoms with Crippen molar-refractivity contribution in [2.24, 2.45) is 0 Å². The lowest BCUT2D eigenvalue weighted by Crippen LogP contribution is -1.95. The molecule has 0 unspecified atom stereocenters. The number of rotatable bonds is 4. The van der Waals surface area contributed by atoms with Gasteiger partial charge in [0.05, 0.1) is 11.6 Å². The molecule has 0 radical (unpaired) electrons. The third-order valence-electron chi connectivity index (χ3n) is 2.14. The summed E-state index contributed by atoms with van der Waals surface area (Å²) in [4.78, 5) is 0. The van der Waals surface area contributed by atoms with Crippen molar-refractivity contribution in [3.05, 3.63) is 41.6 Å². The fraction of sp³-hybridized carbons (Fsp3) is 0.250. The second-order valence-electron chi connectivity index (χ2n) is 3.37. The molecule has 0 aliphatic rings. The third-order valence-corrected chi connectivity index (χ3v) is 2.14. The van der Waals surface area contributed by atoms with Gasteiger partial charge in [0, 0.05) is 6.42 Å². The Bertz CT molecular complexity index is 543. The average Bonchev–Trinajstić information content (AvgIpc) is 2.84. The molecule has 5 heteroatoms. The molecule has 0 saturated carbocycles. The summed E-state index contributed by atoms with van der Waals surface area (Å²) in [6, 6.07) is 8.97. The molecular formula is C12H11N3O2. The van der Waals surface area contributed by atoms with Crippen LogP contribution in [-0.4, -0.2) is 10.2 Å². The first-order valence-electron chi connectivity index (χ1n) is 5.26. The second-order valence-corrected chi connectivity index (χ2v) is 3.37. The van der Waals surface area contributed by atoms with Gasteiger partial charge in [-0.3, -0.25) is 0 Å². The largest absolute Gasteiger partial charge is 0.484 e. The monoisotopic (exact) mass is 229 g/mol. The molecule has 0 N–H and O–H groups in total. The normalized spacial score (nSPS) is 9.88. The van der Waals surface area contributed by atoms with Crippen LogP contribution in [0.5, 0.6) is 5.75 Å². The summed E-state index contributed by atoms with van der Waals surface area (Å²) < 4.78 is 10.7. The lowest BCUT2D eigenvalue weighted by molar-refractivity contribution is 0.259. The van der Waals surface area contributed by atoms with E-state index in [9.17, 15) is 0 Å². The van der Waals surface area contributed by atoms with Crippen molar-refractivity contribution in [2.75, 3.05) is 0 Å². The molecule has 17 heavy (non-hydrogen) atoms. The van der Waals surface area contributed by atoms with E-state index in [0.717, 1.165) is 0 Å². The van der Waals surface area contributed by atoms with Gasteiger partial charge in [-0.1, -0.05) is 13.0 Å². The van der Waals surface area contributed by atoms with Crippen LogP contribution in [-0.2, 0) is 13.0 Å². The van der Waals surface area contributed by atoms with Gasteiger partial charge in [0.15, 0.2) is 6.61 Å². The molecule has 2 rings (SSSR count). The van der Waals surface area contributed by atoms with E-state index in [0.29, 0.717) is 29.5 Å². The van der Waals surface area contributed by atoms with Crippen LogP contribution in [0.3, 0.4) is 0 Å². The molecule has 0 fully saturated rings. The van der Waals surface area contributed by atoms with Crippen molar-refractivity contribution in [1.29, 1.82) is 5.26 Å². The Morgan fingerprint density at radius 2 is 2.18 bits per heavy atom. The summed E-state index contributed by atoms with van der Waals surface area (Å²) in [6.07, 6.45) is 0.705. The van der Waals surface area contributed by atoms with E-state index < -0.39 is 0 Å². The maximum absolute atomic E-state index is 8.74. The molecule has 0 saturated heterocycles. The van der Waals surface area contributed by atoms with Gasteiger partial charge in [0.25, 0.3) is 5.89 Å². The minimum atomic E-state index is 0.210. The molecule has 0 aliphatic heterocycles. The van der Waals surface area contributed by atoms with Gasteiger partial charge >= 0.3 is 0 Å². The van der Waals surface area contributed by atoms with Crippen LogP contribution in [0.15, 0.2) is 28.7 Å². The number of aromatic nitrogens is 2. The summed E-state index contributed by atoms with van der Waals surface area (Å²) in [6.45, 7) is 2.15. The van der Waals surface area contributed by atoms with Gasteiger partial charge in [0.1, 0.15) is 5.75 Å². The van der Waals surface area contributed by atoms with Crippen molar-refractivity contribution in [1.82, 2.24) is 10.2 Å². The van der Waals surface area contributed by atoms with E-state index in [4.69, 9.17) is 14.4 Å². The predicted octanol–water partition coefficient (Wildman–Crippen LogP) is 2.08. The molecule has 0 spiro atoms. The lowest BCUT2D eigenvalue weighted by atomic mass is 10.2. The molecule has 1 aromatic carbocycles. The van der Waals surface area contributed by atoms with E-state index in [1.54, 1.807) is 24.3 Å². The number of hydrogen-bond donors (Lipinski definition) is 0. The van der Waals surface area contributed by atoms with E-state index in [2.05, 4.69) is 10.2 Å². The van der Waals surface area contributed by atoms with Crippen molar-refractivity contribution in [3.63, 3.8) is 0 Å². The zero-order valence-electron chi connectivity index (χ0n) is 9.38. The third kappa shape index (κ3) is 2.82. The molecule has 0 amide bonds. The predicted molar refractivity (Wildman–Crippen MR) is 59.2 cm³/mol. The quantitative estimate of drug-likeness (QED) is 0.802. The summed E-state index contributed by atoms with van der Waals surface area (Å²) in [5, 5.41) is 16.4. The molecule has 2 aromatic rings. The molecule has 1 aromatic heterocycles. The Balaban J connectivity index is 1.99. The first-order chi connectivity index (χ1) is 8.31. The number of benzene rings is 1. The van der Waals surface area contributed by atoms with Crippen molar-refractivity contribution < 1.29 is 9.15 Å². The molecule has 0 bridgehead atoms. The van der Waals surface area contributed by atoms with Crippen LogP contribution in [0.1, 0.15) is 24.3 Å². The summed E-state index contributed by atoms with van der Waals surface area (Å²) in [5.41, 5.74) is 0.558. The van der Waals surface area contributed by atoms with Gasteiger partial charge in [0.2, 0.25) is 5.89 Å². The molecule has 0 atom stereocenters. The molecule has 1 heterocycles. The second kappa shape index (κ2) is 5.12. The molecule has 0 aliphatic carbocycles. The van der Waals surface area contributed by atoms with Crippen molar-refractivity contribution >= 4 is 0 Å². The van der Waals surface area contributed by atoms with Crippen LogP contribution in [0, 0.1) is 11.3 Å². The highest BCUT2D eigenvalue weighted by atomic mass is 16.5. The zero-order chi connectivity index (χ0) is 12.1. The maximum atomic E-state index is 8.74. The molecule has 86 valence electrons. The smallest absolute Gasteiger partial charge is 0.253 e. The van der Waals surface area contributed by atoms with Crippen LogP contribution in [0.4, 0.5) is 0 Å². The van der Waals surface area contributed by atoms with E-state index in [1.807, 2.05) is 13.0 Å². The highest BCUT2D eigenvalue weighted by Crippen LogP contribution is 2.14. The Morgan fingerprint density at radius 3 is 2.88 bits per heavy atom. The standard InChI is InChI=1S/C12H11N3O2/c1-2-11-14-15-12(17-11)8-16-10-5-3-4-9(6-10)7-13/h3-6H,2,8H2,1H3. The Kier molecular flexibility index (Phi) is 3.36. The van der Waals surface area contributed by atoms with Gasteiger partial charge in [-0.15, -0.1) is 10.2 Å². The van der Waals surface area contributed by atoms with Gasteiger partial charge in [-0.2, -0.15) is 5.26 Å². The van der Waals surface area contributed by atoms with Gasteiger partial charge in [-0.05, 0) is 18.2 Å². The summed E-state index contributed by atoms with van der Waals surface area (Å²) in [7, 11) is 0. The first kappa shape index (κ1) is 11.1. The van der Waals surface area contributed by atoms with Gasteiger partial charge in [-0.25, -0.2) is 0 Å². The van der Waals surface area contributed by atoms with E-state index in [-0.39, 0.29) is 6.61 Å². The summed E-state index contributed by atoms with van der Waals surface area (Å²) in [5.74, 6) is 1.64. The van der Waals surface area contributed by atoms with E-state index in [1.165, 1.54) is 0 Å². The van der Waals surface area contributed by atoms with Crippen LogP contribution in [0.2, 0.25) is 0 Å². The Morgan fingerprint density at radius 1 is 1.35 bits per heavy atom. The molecule has 5 nitrogen and oxygen atoms in total. The number of aryl methyl sites for hydroxylation is 1. The average molecular weight is 229 g/mol. The Hall–Kier alpha value is -2.35. The number of nitriles is 1. The minimum Gasteiger partial charge on any atom is -0.484 e. The van der Waals surface area contributed by atoms with Crippen LogP contribution >= 0.6 is 0 Å². The van der Waals surface area contributed by atoms with Crippen molar-refractivity contribution in [3.8, 4) is 11.8 Å². The van der Waals surface area contributed by atoms with Crippen LogP contribution < -0.4 is 4.74 Å². The fourth-order valence-corrected chi connectivity index (χ4v) is 1.29. The van der Waals surface area contributed by atoms with Crippen molar-refractivity contribution in [2.45, 2.75) is 20.0 Å². The SMILES string of the molecule is CCc1nnc(COc2cccc(C#N)c2)o1. The maximum Gasteiger partial charge on any atom is 0.253 e. The molecular weight excluding hydrogens is 218 g/mol. The topological polar surface area (TPSA) is 71.9 Å². The fourth-order valence-electron chi connectivity index (χ4n) is 1.29. The van der Waals surface area contributed by atoms with E-state index >= 15 is 0 Å². The van der Waals surface area contributed by atoms with Gasteiger partial charge < -0.3 is 9.15 Å². The summed E-state index contributed by atoms with van der Waals surface area (Å²) >= 11 is 0. The minimum absolute atomic E-state index is 0.210.